The predicted octanol–water partition coefficient (Wildman–Crippen LogP) is 4.20. The number of nitrogens with one attached hydrogen (secondary N) is 1. The summed E-state index contributed by atoms with van der Waals surface area (Å²) in [5, 5.41) is 5.17. The number of rotatable bonds is 7. The minimum atomic E-state index is -0.136. The quantitative estimate of drug-likeness (QED) is 0.648. The Hall–Kier alpha value is -2.86. The van der Waals surface area contributed by atoms with Gasteiger partial charge < -0.3 is 5.32 Å². The van der Waals surface area contributed by atoms with Gasteiger partial charge in [0.1, 0.15) is 5.69 Å². The summed E-state index contributed by atoms with van der Waals surface area (Å²) in [6.45, 7) is 0. The molecule has 0 aliphatic heterocycles. The van der Waals surface area contributed by atoms with Crippen molar-refractivity contribution in [3.63, 3.8) is 0 Å². The summed E-state index contributed by atoms with van der Waals surface area (Å²) in [5.41, 5.74) is 2.19. The fourth-order valence-corrected chi connectivity index (χ4v) is 3.04. The standard InChI is InChI=1S/C19H17N3O2S/c23-17(14-7-2-1-3-8-14)10-6-11-18(24)22-19-21-16(13-25-19)15-9-4-5-12-20-15/h1-5,7-9,12-13H,6,10-11H2,(H,21,22,24). The summed E-state index contributed by atoms with van der Waals surface area (Å²) in [6, 6.07) is 14.7. The van der Waals surface area contributed by atoms with E-state index in [2.05, 4.69) is 15.3 Å². The largest absolute Gasteiger partial charge is 0.302 e. The topological polar surface area (TPSA) is 72.0 Å². The number of pyridine rings is 1. The highest BCUT2D eigenvalue weighted by molar-refractivity contribution is 7.14. The van der Waals surface area contributed by atoms with Gasteiger partial charge in [0.05, 0.1) is 5.69 Å². The van der Waals surface area contributed by atoms with Crippen molar-refractivity contribution in [3.05, 3.63) is 65.7 Å². The van der Waals surface area contributed by atoms with Crippen molar-refractivity contribution in [2.45, 2.75) is 19.3 Å². The van der Waals surface area contributed by atoms with Gasteiger partial charge in [-0.15, -0.1) is 11.3 Å². The van der Waals surface area contributed by atoms with E-state index >= 15 is 0 Å². The highest BCUT2D eigenvalue weighted by Gasteiger charge is 2.10. The van der Waals surface area contributed by atoms with Gasteiger partial charge in [-0.2, -0.15) is 0 Å². The molecule has 1 N–H and O–H groups in total. The second-order valence-electron chi connectivity index (χ2n) is 5.44. The van der Waals surface area contributed by atoms with Crippen molar-refractivity contribution in [3.8, 4) is 11.4 Å². The molecule has 6 heteroatoms. The molecule has 0 radical (unpaired) electrons. The highest BCUT2D eigenvalue weighted by Crippen LogP contribution is 2.23. The van der Waals surface area contributed by atoms with Crippen LogP contribution in [0.25, 0.3) is 11.4 Å². The lowest BCUT2D eigenvalue weighted by Gasteiger charge is -2.02. The molecule has 1 amide bonds. The third kappa shape index (κ3) is 4.81. The van der Waals surface area contributed by atoms with Crippen LogP contribution in [0.4, 0.5) is 5.13 Å². The van der Waals surface area contributed by atoms with Crippen molar-refractivity contribution in [2.24, 2.45) is 0 Å². The lowest BCUT2D eigenvalue weighted by molar-refractivity contribution is -0.116. The molecule has 3 rings (SSSR count). The van der Waals surface area contributed by atoms with Crippen LogP contribution in [0.2, 0.25) is 0 Å². The van der Waals surface area contributed by atoms with E-state index in [0.717, 1.165) is 11.4 Å². The molecule has 0 atom stereocenters. The Balaban J connectivity index is 1.47. The molecular weight excluding hydrogens is 334 g/mol. The first-order chi connectivity index (χ1) is 12.2. The summed E-state index contributed by atoms with van der Waals surface area (Å²) < 4.78 is 0. The molecule has 0 bridgehead atoms. The maximum atomic E-state index is 12.0. The van der Waals surface area contributed by atoms with Crippen LogP contribution in [-0.2, 0) is 4.79 Å². The van der Waals surface area contributed by atoms with Crippen LogP contribution in [-0.4, -0.2) is 21.7 Å². The third-order valence-corrected chi connectivity index (χ3v) is 4.34. The zero-order valence-electron chi connectivity index (χ0n) is 13.5. The number of nitrogens with zero attached hydrogens (tertiary/aromatic N) is 2. The summed E-state index contributed by atoms with van der Waals surface area (Å²) in [4.78, 5) is 32.6. The van der Waals surface area contributed by atoms with E-state index in [1.165, 1.54) is 11.3 Å². The number of anilines is 1. The molecule has 126 valence electrons. The molecule has 0 aliphatic rings. The van der Waals surface area contributed by atoms with Crippen molar-refractivity contribution in [2.75, 3.05) is 5.32 Å². The van der Waals surface area contributed by atoms with E-state index < -0.39 is 0 Å². The van der Waals surface area contributed by atoms with Crippen LogP contribution >= 0.6 is 11.3 Å². The molecule has 2 heterocycles. The number of hydrogen-bond acceptors (Lipinski definition) is 5. The molecule has 0 spiro atoms. The van der Waals surface area contributed by atoms with Gasteiger partial charge in [-0.25, -0.2) is 4.98 Å². The Morgan fingerprint density at radius 2 is 1.76 bits per heavy atom. The molecule has 0 fully saturated rings. The fourth-order valence-electron chi connectivity index (χ4n) is 2.32. The van der Waals surface area contributed by atoms with Gasteiger partial charge in [-0.3, -0.25) is 14.6 Å². The minimum absolute atomic E-state index is 0.0556. The van der Waals surface area contributed by atoms with Gasteiger partial charge in [0, 0.05) is 30.0 Å². The monoisotopic (exact) mass is 351 g/mol. The smallest absolute Gasteiger partial charge is 0.226 e. The summed E-state index contributed by atoms with van der Waals surface area (Å²) in [7, 11) is 0. The van der Waals surface area contributed by atoms with Gasteiger partial charge >= 0.3 is 0 Å². The number of amides is 1. The third-order valence-electron chi connectivity index (χ3n) is 3.58. The van der Waals surface area contributed by atoms with Crippen LogP contribution in [0, 0.1) is 0 Å². The molecule has 0 unspecified atom stereocenters. The van der Waals surface area contributed by atoms with Crippen LogP contribution in [0.1, 0.15) is 29.6 Å². The number of hydrogen-bond donors (Lipinski definition) is 1. The van der Waals surface area contributed by atoms with E-state index in [1.54, 1.807) is 18.3 Å². The van der Waals surface area contributed by atoms with Gasteiger partial charge in [0.2, 0.25) is 5.91 Å². The number of ketones is 1. The van der Waals surface area contributed by atoms with Crippen molar-refractivity contribution in [1.82, 2.24) is 9.97 Å². The molecule has 3 aromatic rings. The average molecular weight is 351 g/mol. The van der Waals surface area contributed by atoms with Crippen molar-refractivity contribution in [1.29, 1.82) is 0 Å². The predicted molar refractivity (Wildman–Crippen MR) is 98.6 cm³/mol. The summed E-state index contributed by atoms with van der Waals surface area (Å²) in [6.07, 6.45) is 2.86. The Morgan fingerprint density at radius 3 is 2.52 bits per heavy atom. The molecule has 0 aliphatic carbocycles. The summed E-state index contributed by atoms with van der Waals surface area (Å²) in [5.74, 6) is -0.0807. The van der Waals surface area contributed by atoms with Crippen LogP contribution in [0.15, 0.2) is 60.1 Å². The normalized spacial score (nSPS) is 10.4. The Morgan fingerprint density at radius 1 is 0.960 bits per heavy atom. The first-order valence-electron chi connectivity index (χ1n) is 7.97. The maximum absolute atomic E-state index is 12.0. The molecule has 25 heavy (non-hydrogen) atoms. The number of aromatic nitrogens is 2. The van der Waals surface area contributed by atoms with Crippen molar-refractivity contribution < 1.29 is 9.59 Å². The van der Waals surface area contributed by atoms with Gasteiger partial charge in [0.15, 0.2) is 10.9 Å². The van der Waals surface area contributed by atoms with Gasteiger partial charge in [-0.05, 0) is 18.6 Å². The van der Waals surface area contributed by atoms with Crippen molar-refractivity contribution >= 4 is 28.2 Å². The first-order valence-corrected chi connectivity index (χ1v) is 8.85. The molecule has 0 saturated heterocycles. The van der Waals surface area contributed by atoms with E-state index in [9.17, 15) is 9.59 Å². The van der Waals surface area contributed by atoms with Crippen LogP contribution in [0.5, 0.6) is 0 Å². The molecule has 1 aromatic carbocycles. The van der Waals surface area contributed by atoms with Crippen LogP contribution < -0.4 is 5.32 Å². The Bertz CT molecular complexity index is 847. The first kappa shape index (κ1) is 17.0. The second kappa shape index (κ2) is 8.30. The number of carbonyl (C=O) groups is 2. The minimum Gasteiger partial charge on any atom is -0.302 e. The van der Waals surface area contributed by atoms with Gasteiger partial charge in [0.25, 0.3) is 0 Å². The zero-order valence-corrected chi connectivity index (χ0v) is 14.3. The molecule has 2 aromatic heterocycles. The number of benzene rings is 1. The highest BCUT2D eigenvalue weighted by atomic mass is 32.1. The SMILES string of the molecule is O=C(CCCC(=O)c1ccccc1)Nc1nc(-c2ccccn2)cs1. The number of thiazole rings is 1. The zero-order chi connectivity index (χ0) is 17.5. The lowest BCUT2D eigenvalue weighted by Crippen LogP contribution is -2.11. The average Bonchev–Trinajstić information content (AvgIpc) is 3.11. The molecule has 0 saturated carbocycles. The van der Waals surface area contributed by atoms with Gasteiger partial charge in [-0.1, -0.05) is 36.4 Å². The Labute approximate surface area is 149 Å². The number of Topliss-reactive ketones (excluding diaryl/α,β-unsaturated/α-hetero) is 1. The van der Waals surface area contributed by atoms with Crippen LogP contribution in [0.3, 0.4) is 0 Å². The van der Waals surface area contributed by atoms with E-state index in [0.29, 0.717) is 23.5 Å². The Kier molecular flexibility index (Phi) is 5.64. The summed E-state index contributed by atoms with van der Waals surface area (Å²) >= 11 is 1.36. The van der Waals surface area contributed by atoms with E-state index in [1.807, 2.05) is 41.8 Å². The van der Waals surface area contributed by atoms with E-state index in [4.69, 9.17) is 0 Å². The second-order valence-corrected chi connectivity index (χ2v) is 6.30. The maximum Gasteiger partial charge on any atom is 0.226 e. The molecular formula is C19H17N3O2S. The lowest BCUT2D eigenvalue weighted by atomic mass is 10.1. The fraction of sp³-hybridized carbons (Fsp3) is 0.158. The van der Waals surface area contributed by atoms with E-state index in [-0.39, 0.29) is 18.1 Å². The molecule has 5 nitrogen and oxygen atoms in total. The number of carbonyl (C=O) groups excluding carboxylic acids is 2.